The second-order valence-corrected chi connectivity index (χ2v) is 6.24. The van der Waals surface area contributed by atoms with E-state index in [2.05, 4.69) is 10.1 Å². The van der Waals surface area contributed by atoms with Crippen LogP contribution in [0.15, 0.2) is 72.4 Å². The van der Waals surface area contributed by atoms with Crippen molar-refractivity contribution >= 4 is 17.6 Å². The Morgan fingerprint density at radius 3 is 2.35 bits per heavy atom. The van der Waals surface area contributed by atoms with Gasteiger partial charge in [-0.05, 0) is 24.6 Å². The van der Waals surface area contributed by atoms with Crippen LogP contribution in [0.2, 0.25) is 0 Å². The maximum Gasteiger partial charge on any atom is 0.332 e. The number of hydrogen-bond donors (Lipinski definition) is 1. The van der Waals surface area contributed by atoms with Crippen molar-refractivity contribution in [2.24, 2.45) is 5.92 Å². The van der Waals surface area contributed by atoms with Gasteiger partial charge in [-0.3, -0.25) is 4.79 Å². The number of ether oxygens (including phenoxy) is 1. The molecule has 1 fully saturated rings. The molecule has 0 saturated carbocycles. The standard InChI is InChI=1S/C21H22N2O3/c1-15(13-19(24)26-2)22-14-18-20(16-9-5-3-6-10-16)23(21(18)25)17-11-7-4-8-12-17/h3-13,18,20,22H,14H2,1-2H3/b15-13-/t18-,20+/m1/s1. The van der Waals surface area contributed by atoms with Crippen molar-refractivity contribution in [3.8, 4) is 0 Å². The van der Waals surface area contributed by atoms with Gasteiger partial charge in [-0.25, -0.2) is 4.79 Å². The third-order valence-corrected chi connectivity index (χ3v) is 4.53. The van der Waals surface area contributed by atoms with E-state index in [9.17, 15) is 9.59 Å². The van der Waals surface area contributed by atoms with Gasteiger partial charge in [-0.1, -0.05) is 48.5 Å². The predicted molar refractivity (Wildman–Crippen MR) is 100 cm³/mol. The number of benzene rings is 2. The van der Waals surface area contributed by atoms with Crippen LogP contribution in [0.4, 0.5) is 5.69 Å². The molecule has 0 aliphatic carbocycles. The first-order valence-electron chi connectivity index (χ1n) is 8.55. The summed E-state index contributed by atoms with van der Waals surface area (Å²) in [5.74, 6) is -0.539. The molecule has 134 valence electrons. The van der Waals surface area contributed by atoms with Crippen LogP contribution in [0.5, 0.6) is 0 Å². The number of esters is 1. The minimum Gasteiger partial charge on any atom is -0.466 e. The van der Waals surface area contributed by atoms with Gasteiger partial charge in [-0.2, -0.15) is 0 Å². The summed E-state index contributed by atoms with van der Waals surface area (Å²) < 4.78 is 4.62. The average molecular weight is 350 g/mol. The van der Waals surface area contributed by atoms with Gasteiger partial charge >= 0.3 is 5.97 Å². The molecule has 1 saturated heterocycles. The number of hydrogen-bond acceptors (Lipinski definition) is 4. The molecule has 0 spiro atoms. The molecule has 1 heterocycles. The Morgan fingerprint density at radius 1 is 1.12 bits per heavy atom. The summed E-state index contributed by atoms with van der Waals surface area (Å²) in [6.45, 7) is 2.24. The van der Waals surface area contributed by atoms with Crippen LogP contribution < -0.4 is 10.2 Å². The molecule has 1 aliphatic rings. The summed E-state index contributed by atoms with van der Waals surface area (Å²) in [6, 6.07) is 19.7. The maximum absolute atomic E-state index is 12.8. The first-order chi connectivity index (χ1) is 12.6. The highest BCUT2D eigenvalue weighted by Gasteiger charge is 2.48. The Balaban J connectivity index is 1.80. The van der Waals surface area contributed by atoms with Crippen LogP contribution in [-0.2, 0) is 14.3 Å². The maximum atomic E-state index is 12.8. The second kappa shape index (κ2) is 7.87. The smallest absolute Gasteiger partial charge is 0.332 e. The van der Waals surface area contributed by atoms with Gasteiger partial charge < -0.3 is 15.0 Å². The molecule has 1 N–H and O–H groups in total. The first-order valence-corrected chi connectivity index (χ1v) is 8.55. The number of rotatable bonds is 6. The number of para-hydroxylation sites is 1. The second-order valence-electron chi connectivity index (χ2n) is 6.24. The number of carbonyl (C=O) groups excluding carboxylic acids is 2. The molecule has 2 aromatic rings. The van der Waals surface area contributed by atoms with E-state index in [1.165, 1.54) is 13.2 Å². The van der Waals surface area contributed by atoms with E-state index in [1.54, 1.807) is 6.92 Å². The van der Waals surface area contributed by atoms with Gasteiger partial charge in [0.15, 0.2) is 0 Å². The van der Waals surface area contributed by atoms with E-state index >= 15 is 0 Å². The van der Waals surface area contributed by atoms with Gasteiger partial charge in [0.05, 0.1) is 19.1 Å². The zero-order valence-corrected chi connectivity index (χ0v) is 14.9. The topological polar surface area (TPSA) is 58.6 Å². The SMILES string of the molecule is COC(=O)/C=C(/C)NC[C@H]1C(=O)N(c2ccccc2)[C@H]1c1ccccc1. The number of carbonyl (C=O) groups is 2. The molecular formula is C21H22N2O3. The third kappa shape index (κ3) is 3.61. The quantitative estimate of drug-likeness (QED) is 0.494. The van der Waals surface area contributed by atoms with Gasteiger partial charge in [-0.15, -0.1) is 0 Å². The largest absolute Gasteiger partial charge is 0.466 e. The van der Waals surface area contributed by atoms with Crippen LogP contribution in [0.1, 0.15) is 18.5 Å². The highest BCUT2D eigenvalue weighted by molar-refractivity contribution is 6.03. The van der Waals surface area contributed by atoms with Crippen LogP contribution in [0, 0.1) is 5.92 Å². The molecule has 2 atom stereocenters. The van der Waals surface area contributed by atoms with Gasteiger partial charge in [0.1, 0.15) is 0 Å². The third-order valence-electron chi connectivity index (χ3n) is 4.53. The summed E-state index contributed by atoms with van der Waals surface area (Å²) in [7, 11) is 1.34. The van der Waals surface area contributed by atoms with Gasteiger partial charge in [0.25, 0.3) is 0 Å². The lowest BCUT2D eigenvalue weighted by atomic mass is 9.81. The molecule has 0 radical (unpaired) electrons. The van der Waals surface area contributed by atoms with Crippen LogP contribution in [0.3, 0.4) is 0 Å². The molecular weight excluding hydrogens is 328 g/mol. The normalized spacial score (nSPS) is 19.7. The van der Waals surface area contributed by atoms with Crippen molar-refractivity contribution in [3.63, 3.8) is 0 Å². The molecule has 26 heavy (non-hydrogen) atoms. The minimum atomic E-state index is -0.416. The van der Waals surface area contributed by atoms with Crippen molar-refractivity contribution in [1.29, 1.82) is 0 Å². The molecule has 0 bridgehead atoms. The van der Waals surface area contributed by atoms with E-state index in [1.807, 2.05) is 65.6 Å². The zero-order chi connectivity index (χ0) is 18.5. The van der Waals surface area contributed by atoms with Gasteiger partial charge in [0.2, 0.25) is 5.91 Å². The van der Waals surface area contributed by atoms with E-state index in [0.29, 0.717) is 12.2 Å². The highest BCUT2D eigenvalue weighted by atomic mass is 16.5. The number of allylic oxidation sites excluding steroid dienone is 1. The molecule has 5 heteroatoms. The van der Waals surface area contributed by atoms with E-state index in [4.69, 9.17) is 0 Å². The van der Waals surface area contributed by atoms with Gasteiger partial charge in [0, 0.05) is 24.0 Å². The number of methoxy groups -OCH3 is 1. The lowest BCUT2D eigenvalue weighted by Gasteiger charge is -2.47. The summed E-state index contributed by atoms with van der Waals surface area (Å²) in [4.78, 5) is 26.0. The van der Waals surface area contributed by atoms with E-state index in [-0.39, 0.29) is 17.9 Å². The summed E-state index contributed by atoms with van der Waals surface area (Å²) >= 11 is 0. The number of nitrogens with zero attached hydrogens (tertiary/aromatic N) is 1. The zero-order valence-electron chi connectivity index (χ0n) is 14.9. The molecule has 1 amide bonds. The summed E-state index contributed by atoms with van der Waals surface area (Å²) in [5.41, 5.74) is 2.66. The van der Waals surface area contributed by atoms with Crippen molar-refractivity contribution in [2.75, 3.05) is 18.6 Å². The van der Waals surface area contributed by atoms with Crippen molar-refractivity contribution in [3.05, 3.63) is 78.0 Å². The Hall–Kier alpha value is -3.08. The monoisotopic (exact) mass is 350 g/mol. The fourth-order valence-corrected chi connectivity index (χ4v) is 3.21. The van der Waals surface area contributed by atoms with Crippen molar-refractivity contribution in [1.82, 2.24) is 5.32 Å². The molecule has 2 aromatic carbocycles. The number of amides is 1. The predicted octanol–water partition coefficient (Wildman–Crippen LogP) is 3.06. The Morgan fingerprint density at radius 2 is 1.73 bits per heavy atom. The Bertz CT molecular complexity index is 803. The van der Waals surface area contributed by atoms with E-state index in [0.717, 1.165) is 11.3 Å². The molecule has 0 unspecified atom stereocenters. The Labute approximate surface area is 153 Å². The Kier molecular flexibility index (Phi) is 5.37. The summed E-state index contributed by atoms with van der Waals surface area (Å²) in [5, 5.41) is 3.16. The van der Waals surface area contributed by atoms with Crippen LogP contribution >= 0.6 is 0 Å². The number of β-lactam (4-membered cyclic amide) rings is 1. The fourth-order valence-electron chi connectivity index (χ4n) is 3.21. The lowest BCUT2D eigenvalue weighted by Crippen LogP contribution is -2.58. The average Bonchev–Trinajstić information content (AvgIpc) is 2.67. The molecule has 5 nitrogen and oxygen atoms in total. The van der Waals surface area contributed by atoms with E-state index < -0.39 is 5.97 Å². The lowest BCUT2D eigenvalue weighted by molar-refractivity contribution is -0.134. The molecule has 1 aliphatic heterocycles. The van der Waals surface area contributed by atoms with Crippen LogP contribution in [0.25, 0.3) is 0 Å². The number of anilines is 1. The molecule has 0 aromatic heterocycles. The van der Waals surface area contributed by atoms with Crippen LogP contribution in [-0.4, -0.2) is 25.5 Å². The highest BCUT2D eigenvalue weighted by Crippen LogP contribution is 2.43. The minimum absolute atomic E-state index is 0.0375. The fraction of sp³-hybridized carbons (Fsp3) is 0.238. The van der Waals surface area contributed by atoms with Crippen molar-refractivity contribution in [2.45, 2.75) is 13.0 Å². The summed E-state index contributed by atoms with van der Waals surface area (Å²) in [6.07, 6.45) is 1.38. The number of nitrogens with one attached hydrogen (secondary N) is 1. The molecule has 3 rings (SSSR count). The first kappa shape index (κ1) is 17.7. The van der Waals surface area contributed by atoms with Crippen molar-refractivity contribution < 1.29 is 14.3 Å².